The summed E-state index contributed by atoms with van der Waals surface area (Å²) >= 11 is 2.04. The van der Waals surface area contributed by atoms with Crippen molar-refractivity contribution < 1.29 is 0 Å². The predicted molar refractivity (Wildman–Crippen MR) is 94.0 cm³/mol. The number of aryl methyl sites for hydroxylation is 1. The van der Waals surface area contributed by atoms with E-state index >= 15 is 0 Å². The van der Waals surface area contributed by atoms with Gasteiger partial charge in [0.1, 0.15) is 0 Å². The zero-order valence-electron chi connectivity index (χ0n) is 13.6. The zero-order chi connectivity index (χ0) is 15.2. The molecule has 1 aromatic carbocycles. The number of nitrogens with zero attached hydrogens (tertiary/aromatic N) is 2. The van der Waals surface area contributed by atoms with Crippen molar-refractivity contribution in [1.82, 2.24) is 15.1 Å². The highest BCUT2D eigenvalue weighted by Gasteiger charge is 2.14. The van der Waals surface area contributed by atoms with Crippen molar-refractivity contribution in [2.24, 2.45) is 13.0 Å². The average molecular weight is 305 g/mol. The Kier molecular flexibility index (Phi) is 6.12. The normalized spacial score (nSPS) is 13.2. The van der Waals surface area contributed by atoms with Crippen molar-refractivity contribution in [1.29, 1.82) is 0 Å². The number of hydrogen-bond acceptors (Lipinski definition) is 3. The van der Waals surface area contributed by atoms with Gasteiger partial charge in [-0.2, -0.15) is 16.9 Å². The highest BCUT2D eigenvalue weighted by atomic mass is 32.2. The van der Waals surface area contributed by atoms with Gasteiger partial charge in [-0.3, -0.25) is 4.68 Å². The van der Waals surface area contributed by atoms with Crippen molar-refractivity contribution >= 4 is 22.7 Å². The Hall–Kier alpha value is -1.00. The van der Waals surface area contributed by atoms with Crippen LogP contribution in [-0.4, -0.2) is 33.9 Å². The van der Waals surface area contributed by atoms with Gasteiger partial charge in [-0.05, 0) is 24.3 Å². The van der Waals surface area contributed by atoms with Gasteiger partial charge in [-0.15, -0.1) is 0 Å². The summed E-state index contributed by atoms with van der Waals surface area (Å²) in [4.78, 5) is 0. The summed E-state index contributed by atoms with van der Waals surface area (Å²) in [6.07, 6.45) is 1.00. The van der Waals surface area contributed by atoms with Crippen LogP contribution in [0.2, 0.25) is 0 Å². The van der Waals surface area contributed by atoms with Crippen LogP contribution in [0.1, 0.15) is 26.5 Å². The first-order valence-corrected chi connectivity index (χ1v) is 8.99. The van der Waals surface area contributed by atoms with Crippen LogP contribution in [0, 0.1) is 5.92 Å². The third-order valence-electron chi connectivity index (χ3n) is 3.54. The summed E-state index contributed by atoms with van der Waals surface area (Å²) in [6, 6.07) is 9.00. The van der Waals surface area contributed by atoms with E-state index in [1.165, 1.54) is 22.3 Å². The van der Waals surface area contributed by atoms with Crippen LogP contribution < -0.4 is 5.32 Å². The van der Waals surface area contributed by atoms with E-state index in [1.807, 2.05) is 23.5 Å². The molecule has 0 bridgehead atoms. The van der Waals surface area contributed by atoms with E-state index in [4.69, 9.17) is 5.10 Å². The number of fused-ring (bicyclic) bond motifs is 1. The Morgan fingerprint density at radius 3 is 2.71 bits per heavy atom. The van der Waals surface area contributed by atoms with Crippen molar-refractivity contribution in [3.8, 4) is 0 Å². The van der Waals surface area contributed by atoms with Gasteiger partial charge < -0.3 is 5.32 Å². The molecular weight excluding hydrogens is 278 g/mol. The predicted octanol–water partition coefficient (Wildman–Crippen LogP) is 3.48. The molecule has 1 aromatic heterocycles. The van der Waals surface area contributed by atoms with E-state index in [1.54, 1.807) is 0 Å². The molecule has 1 N–H and O–H groups in total. The molecule has 0 aliphatic carbocycles. The molecule has 2 rings (SSSR count). The number of thioether (sulfide) groups is 1. The van der Waals surface area contributed by atoms with Crippen LogP contribution in [0.25, 0.3) is 10.9 Å². The fraction of sp³-hybridized carbons (Fsp3) is 0.588. The highest BCUT2D eigenvalue weighted by molar-refractivity contribution is 7.99. The lowest BCUT2D eigenvalue weighted by Gasteiger charge is -2.17. The molecule has 0 aliphatic heterocycles. The van der Waals surface area contributed by atoms with Gasteiger partial charge in [0.2, 0.25) is 0 Å². The van der Waals surface area contributed by atoms with Crippen LogP contribution in [0.5, 0.6) is 0 Å². The highest BCUT2D eigenvalue weighted by Crippen LogP contribution is 2.20. The number of nitrogens with one attached hydrogen (secondary N) is 1. The Morgan fingerprint density at radius 1 is 1.24 bits per heavy atom. The lowest BCUT2D eigenvalue weighted by atomic mass is 10.1. The Bertz CT molecular complexity index is 562. The van der Waals surface area contributed by atoms with Crippen molar-refractivity contribution in [3.05, 3.63) is 30.0 Å². The monoisotopic (exact) mass is 305 g/mol. The Balaban J connectivity index is 2.07. The SMILES string of the molecule is CCNC(CSCC(C)C)Cc1nn(C)c2ccccc12. The number of rotatable bonds is 8. The second-order valence-electron chi connectivity index (χ2n) is 5.98. The van der Waals surface area contributed by atoms with Crippen LogP contribution in [0.4, 0.5) is 0 Å². The van der Waals surface area contributed by atoms with Gasteiger partial charge in [0.25, 0.3) is 0 Å². The summed E-state index contributed by atoms with van der Waals surface area (Å²) < 4.78 is 1.99. The van der Waals surface area contributed by atoms with E-state index in [9.17, 15) is 0 Å². The first kappa shape index (κ1) is 16.4. The molecule has 1 heterocycles. The van der Waals surface area contributed by atoms with Gasteiger partial charge in [0.05, 0.1) is 11.2 Å². The van der Waals surface area contributed by atoms with E-state index in [0.717, 1.165) is 24.6 Å². The Morgan fingerprint density at radius 2 is 2.00 bits per heavy atom. The van der Waals surface area contributed by atoms with Gasteiger partial charge in [0, 0.05) is 30.6 Å². The van der Waals surface area contributed by atoms with Gasteiger partial charge in [0.15, 0.2) is 0 Å². The molecule has 3 nitrogen and oxygen atoms in total. The molecule has 4 heteroatoms. The van der Waals surface area contributed by atoms with Crippen molar-refractivity contribution in [2.75, 3.05) is 18.1 Å². The second kappa shape index (κ2) is 7.85. The molecule has 0 spiro atoms. The third-order valence-corrected chi connectivity index (χ3v) is 5.08. The molecule has 2 aromatic rings. The average Bonchev–Trinajstić information content (AvgIpc) is 2.76. The number of aromatic nitrogens is 2. The van der Waals surface area contributed by atoms with E-state index in [0.29, 0.717) is 6.04 Å². The summed E-state index contributed by atoms with van der Waals surface area (Å²) in [5, 5.41) is 9.62. The van der Waals surface area contributed by atoms with Gasteiger partial charge in [-0.1, -0.05) is 39.0 Å². The zero-order valence-corrected chi connectivity index (χ0v) is 14.4. The quantitative estimate of drug-likeness (QED) is 0.810. The van der Waals surface area contributed by atoms with Crippen molar-refractivity contribution in [3.63, 3.8) is 0 Å². The molecule has 0 aliphatic rings. The standard InChI is InChI=1S/C17H27N3S/c1-5-18-14(12-21-11-13(2)3)10-16-15-8-6-7-9-17(15)20(4)19-16/h6-9,13-14,18H,5,10-12H2,1-4H3. The molecule has 0 saturated heterocycles. The molecule has 0 radical (unpaired) electrons. The maximum absolute atomic E-state index is 4.72. The van der Waals surface area contributed by atoms with Crippen LogP contribution in [0.15, 0.2) is 24.3 Å². The van der Waals surface area contributed by atoms with Crippen molar-refractivity contribution in [2.45, 2.75) is 33.2 Å². The maximum Gasteiger partial charge on any atom is 0.0719 e. The first-order chi connectivity index (χ1) is 10.1. The molecule has 0 fully saturated rings. The lowest BCUT2D eigenvalue weighted by Crippen LogP contribution is -2.33. The molecule has 1 unspecified atom stereocenters. The lowest BCUT2D eigenvalue weighted by molar-refractivity contribution is 0.562. The third kappa shape index (κ3) is 4.48. The van der Waals surface area contributed by atoms with Gasteiger partial charge >= 0.3 is 0 Å². The van der Waals surface area contributed by atoms with Crippen LogP contribution in [0.3, 0.4) is 0 Å². The van der Waals surface area contributed by atoms with Crippen LogP contribution >= 0.6 is 11.8 Å². The minimum Gasteiger partial charge on any atom is -0.313 e. The molecule has 21 heavy (non-hydrogen) atoms. The topological polar surface area (TPSA) is 29.9 Å². The minimum absolute atomic E-state index is 0.497. The summed E-state index contributed by atoms with van der Waals surface area (Å²) in [5.41, 5.74) is 2.43. The molecule has 1 atom stereocenters. The smallest absolute Gasteiger partial charge is 0.0719 e. The fourth-order valence-electron chi connectivity index (χ4n) is 2.60. The van der Waals surface area contributed by atoms with E-state index in [2.05, 4.69) is 50.4 Å². The number of benzene rings is 1. The molecule has 116 valence electrons. The van der Waals surface area contributed by atoms with Gasteiger partial charge in [-0.25, -0.2) is 0 Å². The summed E-state index contributed by atoms with van der Waals surface area (Å²) in [7, 11) is 2.03. The number of hydrogen-bond donors (Lipinski definition) is 1. The molecule has 0 saturated carbocycles. The molecule has 0 amide bonds. The first-order valence-electron chi connectivity index (χ1n) is 7.83. The fourth-order valence-corrected chi connectivity index (χ4v) is 3.73. The summed E-state index contributed by atoms with van der Waals surface area (Å²) in [5.74, 6) is 3.13. The minimum atomic E-state index is 0.497. The largest absolute Gasteiger partial charge is 0.313 e. The van der Waals surface area contributed by atoms with Crippen LogP contribution in [-0.2, 0) is 13.5 Å². The number of para-hydroxylation sites is 1. The summed E-state index contributed by atoms with van der Waals surface area (Å²) in [6.45, 7) is 7.75. The van der Waals surface area contributed by atoms with E-state index in [-0.39, 0.29) is 0 Å². The number of likely N-dealkylation sites (N-methyl/N-ethyl adjacent to an activating group) is 1. The second-order valence-corrected chi connectivity index (χ2v) is 7.05. The Labute approximate surface area is 132 Å². The van der Waals surface area contributed by atoms with E-state index < -0.39 is 0 Å². The maximum atomic E-state index is 4.72. The molecular formula is C17H27N3S.